The zero-order chi connectivity index (χ0) is 15.9. The molecule has 1 aromatic carbocycles. The Morgan fingerprint density at radius 3 is 2.68 bits per heavy atom. The normalized spacial score (nSPS) is 28.1. The van der Waals surface area contributed by atoms with Crippen LogP contribution in [0.2, 0.25) is 5.02 Å². The Morgan fingerprint density at radius 1 is 1.36 bits per heavy atom. The molecule has 2 heterocycles. The van der Waals surface area contributed by atoms with Gasteiger partial charge in [0.05, 0.1) is 24.0 Å². The first-order chi connectivity index (χ1) is 10.3. The van der Waals surface area contributed by atoms with Crippen LogP contribution in [-0.2, 0) is 21.1 Å². The summed E-state index contributed by atoms with van der Waals surface area (Å²) >= 11 is 7.20. The standard InChI is InChI=1S/C14H15ClN2O3S2/c1-17-11-7-22(19,20)8-12(11)21-14(17)16-13(18)6-9-2-4-10(15)5-3-9/h2-5,11-12H,6-8H2,1H3/t11-,12-/m1/s1. The van der Waals surface area contributed by atoms with E-state index in [1.165, 1.54) is 11.8 Å². The maximum atomic E-state index is 12.1. The van der Waals surface area contributed by atoms with Crippen molar-refractivity contribution in [1.82, 2.24) is 4.90 Å². The zero-order valence-corrected chi connectivity index (χ0v) is 14.3. The first-order valence-corrected chi connectivity index (χ1v) is 9.88. The number of rotatable bonds is 2. The predicted molar refractivity (Wildman–Crippen MR) is 89.2 cm³/mol. The molecule has 2 atom stereocenters. The minimum Gasteiger partial charge on any atom is -0.349 e. The molecular weight excluding hydrogens is 344 g/mol. The lowest BCUT2D eigenvalue weighted by Gasteiger charge is -2.17. The highest BCUT2D eigenvalue weighted by Gasteiger charge is 2.47. The number of aliphatic imine (C=N–C) groups is 1. The van der Waals surface area contributed by atoms with Crippen molar-refractivity contribution in [2.24, 2.45) is 4.99 Å². The summed E-state index contributed by atoms with van der Waals surface area (Å²) in [5.41, 5.74) is 0.854. The molecule has 0 bridgehead atoms. The van der Waals surface area contributed by atoms with Gasteiger partial charge in [-0.3, -0.25) is 4.79 Å². The van der Waals surface area contributed by atoms with Crippen LogP contribution in [-0.4, -0.2) is 54.2 Å². The largest absolute Gasteiger partial charge is 0.349 e. The van der Waals surface area contributed by atoms with Crippen molar-refractivity contribution in [3.63, 3.8) is 0 Å². The van der Waals surface area contributed by atoms with Crippen molar-refractivity contribution in [2.75, 3.05) is 18.6 Å². The van der Waals surface area contributed by atoms with Crippen LogP contribution in [0.1, 0.15) is 5.56 Å². The molecule has 118 valence electrons. The molecule has 0 N–H and O–H groups in total. The van der Waals surface area contributed by atoms with Gasteiger partial charge in [0.15, 0.2) is 15.0 Å². The van der Waals surface area contributed by atoms with Crippen LogP contribution in [0.25, 0.3) is 0 Å². The van der Waals surface area contributed by atoms with Crippen LogP contribution in [0, 0.1) is 0 Å². The molecule has 0 aliphatic carbocycles. The Hall–Kier alpha value is -1.05. The van der Waals surface area contributed by atoms with Gasteiger partial charge >= 0.3 is 0 Å². The summed E-state index contributed by atoms with van der Waals surface area (Å²) < 4.78 is 23.3. The van der Waals surface area contributed by atoms with E-state index < -0.39 is 9.84 Å². The first-order valence-electron chi connectivity index (χ1n) is 6.80. The van der Waals surface area contributed by atoms with Gasteiger partial charge in [-0.2, -0.15) is 4.99 Å². The van der Waals surface area contributed by atoms with Gasteiger partial charge in [-0.1, -0.05) is 35.5 Å². The Kier molecular flexibility index (Phi) is 4.22. The van der Waals surface area contributed by atoms with Crippen molar-refractivity contribution in [1.29, 1.82) is 0 Å². The second-order valence-corrected chi connectivity index (χ2v) is 9.30. The van der Waals surface area contributed by atoms with Crippen molar-refractivity contribution in [3.8, 4) is 0 Å². The van der Waals surface area contributed by atoms with E-state index in [1.54, 1.807) is 31.3 Å². The minimum absolute atomic E-state index is 0.0166. The van der Waals surface area contributed by atoms with Crippen LogP contribution < -0.4 is 0 Å². The molecule has 0 spiro atoms. The molecule has 2 aliphatic rings. The molecule has 3 rings (SSSR count). The van der Waals surface area contributed by atoms with Crippen molar-refractivity contribution < 1.29 is 13.2 Å². The van der Waals surface area contributed by atoms with Crippen molar-refractivity contribution in [2.45, 2.75) is 17.7 Å². The second kappa shape index (κ2) is 5.86. The molecule has 0 saturated carbocycles. The lowest BCUT2D eigenvalue weighted by Crippen LogP contribution is -2.34. The smallest absolute Gasteiger partial charge is 0.252 e. The molecule has 22 heavy (non-hydrogen) atoms. The highest BCUT2D eigenvalue weighted by atomic mass is 35.5. The van der Waals surface area contributed by atoms with Gasteiger partial charge in [-0.15, -0.1) is 0 Å². The van der Waals surface area contributed by atoms with E-state index in [0.29, 0.717) is 10.2 Å². The number of thioether (sulfide) groups is 1. The number of amides is 1. The van der Waals surface area contributed by atoms with Gasteiger partial charge in [0, 0.05) is 17.3 Å². The molecule has 1 amide bonds. The monoisotopic (exact) mass is 358 g/mol. The summed E-state index contributed by atoms with van der Waals surface area (Å²) in [6, 6.07) is 7.00. The SMILES string of the molecule is CN1C(=NC(=O)Cc2ccc(Cl)cc2)S[C@@H]2CS(=O)(=O)C[C@H]21. The lowest BCUT2D eigenvalue weighted by molar-refractivity contribution is -0.117. The van der Waals surface area contributed by atoms with Crippen LogP contribution in [0.15, 0.2) is 29.3 Å². The minimum atomic E-state index is -2.96. The Bertz CT molecular complexity index is 731. The molecule has 2 aliphatic heterocycles. The molecule has 5 nitrogen and oxygen atoms in total. The number of hydrogen-bond acceptors (Lipinski definition) is 4. The molecule has 8 heteroatoms. The van der Waals surface area contributed by atoms with E-state index in [9.17, 15) is 13.2 Å². The summed E-state index contributed by atoms with van der Waals surface area (Å²) in [6.07, 6.45) is 0.211. The molecule has 0 unspecified atom stereocenters. The highest BCUT2D eigenvalue weighted by molar-refractivity contribution is 8.15. The highest BCUT2D eigenvalue weighted by Crippen LogP contribution is 2.36. The number of benzene rings is 1. The number of carbonyl (C=O) groups is 1. The van der Waals surface area contributed by atoms with Gasteiger partial charge in [0.2, 0.25) is 0 Å². The fraction of sp³-hybridized carbons (Fsp3) is 0.429. The number of sulfone groups is 1. The quantitative estimate of drug-likeness (QED) is 0.803. The number of carbonyl (C=O) groups excluding carboxylic acids is 1. The van der Waals surface area contributed by atoms with Crippen LogP contribution in [0.3, 0.4) is 0 Å². The summed E-state index contributed by atoms with van der Waals surface area (Å²) in [4.78, 5) is 18.0. The van der Waals surface area contributed by atoms with E-state index in [2.05, 4.69) is 4.99 Å². The molecule has 2 saturated heterocycles. The van der Waals surface area contributed by atoms with Crippen LogP contribution in [0.5, 0.6) is 0 Å². The number of halogens is 1. The summed E-state index contributed by atoms with van der Waals surface area (Å²) in [6.45, 7) is 0. The van der Waals surface area contributed by atoms with Crippen LogP contribution in [0.4, 0.5) is 0 Å². The fourth-order valence-electron chi connectivity index (χ4n) is 2.66. The van der Waals surface area contributed by atoms with Gasteiger partial charge in [-0.05, 0) is 17.7 Å². The average molecular weight is 359 g/mol. The van der Waals surface area contributed by atoms with Crippen LogP contribution >= 0.6 is 23.4 Å². The Morgan fingerprint density at radius 2 is 2.05 bits per heavy atom. The molecule has 0 radical (unpaired) electrons. The Labute approximate surface area is 138 Å². The third kappa shape index (κ3) is 3.31. The third-order valence-corrected chi connectivity index (χ3v) is 7.37. The third-order valence-electron chi connectivity index (χ3n) is 3.82. The lowest BCUT2D eigenvalue weighted by atomic mass is 10.1. The number of hydrogen-bond donors (Lipinski definition) is 0. The first kappa shape index (κ1) is 15.8. The molecule has 0 aromatic heterocycles. The second-order valence-electron chi connectivity index (χ2n) is 5.50. The van der Waals surface area contributed by atoms with Gasteiger partial charge in [-0.25, -0.2) is 8.42 Å². The van der Waals surface area contributed by atoms with E-state index >= 15 is 0 Å². The predicted octanol–water partition coefficient (Wildman–Crippen LogP) is 1.61. The summed E-state index contributed by atoms with van der Waals surface area (Å²) in [5, 5.41) is 1.23. The van der Waals surface area contributed by atoms with E-state index in [4.69, 9.17) is 11.6 Å². The van der Waals surface area contributed by atoms with Gasteiger partial charge in [0.1, 0.15) is 0 Å². The Balaban J connectivity index is 1.68. The number of amidine groups is 1. The molecule has 2 fully saturated rings. The maximum absolute atomic E-state index is 12.1. The summed E-state index contributed by atoms with van der Waals surface area (Å²) in [5.74, 6) is 0.0716. The van der Waals surface area contributed by atoms with E-state index in [0.717, 1.165) is 5.56 Å². The fourth-order valence-corrected chi connectivity index (χ4v) is 6.80. The van der Waals surface area contributed by atoms with Crippen molar-refractivity contribution >= 4 is 44.3 Å². The van der Waals surface area contributed by atoms with Gasteiger partial charge in [0.25, 0.3) is 5.91 Å². The zero-order valence-electron chi connectivity index (χ0n) is 11.9. The molecular formula is C14H15ClN2O3S2. The maximum Gasteiger partial charge on any atom is 0.252 e. The number of fused-ring (bicyclic) bond motifs is 1. The number of nitrogens with zero attached hydrogens (tertiary/aromatic N) is 2. The van der Waals surface area contributed by atoms with Crippen molar-refractivity contribution in [3.05, 3.63) is 34.9 Å². The van der Waals surface area contributed by atoms with E-state index in [1.807, 2.05) is 4.90 Å². The molecule has 1 aromatic rings. The van der Waals surface area contributed by atoms with Gasteiger partial charge < -0.3 is 4.90 Å². The topological polar surface area (TPSA) is 66.8 Å². The summed E-state index contributed by atoms with van der Waals surface area (Å²) in [7, 11) is -1.16. The van der Waals surface area contributed by atoms with E-state index in [-0.39, 0.29) is 35.1 Å². The average Bonchev–Trinajstić information content (AvgIpc) is 2.87.